The Hall–Kier alpha value is -5.74. The number of phenols is 3. The van der Waals surface area contributed by atoms with Gasteiger partial charge in [0.25, 0.3) is 0 Å². The molecule has 8 aromatic rings. The molecular formula is C40H28O4. The topological polar surface area (TPSA) is 73.8 Å². The van der Waals surface area contributed by atoms with E-state index in [0.717, 1.165) is 71.3 Å². The average molecular weight is 573 g/mol. The van der Waals surface area contributed by atoms with Gasteiger partial charge in [0.15, 0.2) is 0 Å². The van der Waals surface area contributed by atoms with Crippen molar-refractivity contribution in [3.05, 3.63) is 126 Å². The minimum absolute atomic E-state index is 0.108. The molecule has 0 spiro atoms. The number of furan rings is 1. The summed E-state index contributed by atoms with van der Waals surface area (Å²) in [5.41, 5.74) is 7.64. The minimum Gasteiger partial charge on any atom is -0.507 e. The van der Waals surface area contributed by atoms with E-state index in [1.807, 2.05) is 66.7 Å². The summed E-state index contributed by atoms with van der Waals surface area (Å²) in [6, 6.07) is 39.0. The number of benzene rings is 7. The monoisotopic (exact) mass is 572 g/mol. The zero-order chi connectivity index (χ0) is 30.1. The molecule has 0 aliphatic carbocycles. The van der Waals surface area contributed by atoms with Gasteiger partial charge < -0.3 is 19.7 Å². The second kappa shape index (κ2) is 9.65. The van der Waals surface area contributed by atoms with Crippen LogP contribution in [-0.2, 0) is 0 Å². The Balaban J connectivity index is 1.49. The minimum atomic E-state index is -0.134. The van der Waals surface area contributed by atoms with Crippen LogP contribution in [-0.4, -0.2) is 15.3 Å². The first-order valence-electron chi connectivity index (χ1n) is 14.6. The van der Waals surface area contributed by atoms with E-state index < -0.39 is 0 Å². The molecule has 0 fully saturated rings. The highest BCUT2D eigenvalue weighted by molar-refractivity contribution is 6.26. The molecule has 0 saturated carbocycles. The van der Waals surface area contributed by atoms with Crippen LogP contribution in [0.4, 0.5) is 0 Å². The molecule has 44 heavy (non-hydrogen) atoms. The van der Waals surface area contributed by atoms with E-state index in [0.29, 0.717) is 16.7 Å². The average Bonchev–Trinajstić information content (AvgIpc) is 3.45. The Morgan fingerprint density at radius 1 is 0.432 bits per heavy atom. The molecular weight excluding hydrogens is 544 g/mol. The second-order valence-electron chi connectivity index (χ2n) is 11.4. The van der Waals surface area contributed by atoms with E-state index in [1.165, 1.54) is 0 Å². The van der Waals surface area contributed by atoms with Crippen molar-refractivity contribution in [3.63, 3.8) is 0 Å². The van der Waals surface area contributed by atoms with Crippen LogP contribution in [0.5, 0.6) is 17.2 Å². The van der Waals surface area contributed by atoms with Crippen LogP contribution in [0, 0.1) is 13.8 Å². The van der Waals surface area contributed by atoms with Crippen LogP contribution in [0.25, 0.3) is 76.9 Å². The van der Waals surface area contributed by atoms with E-state index in [-0.39, 0.29) is 17.2 Å². The van der Waals surface area contributed by atoms with Crippen molar-refractivity contribution in [3.8, 4) is 50.6 Å². The number of hydrogen-bond donors (Lipinski definition) is 3. The first-order chi connectivity index (χ1) is 21.4. The summed E-state index contributed by atoms with van der Waals surface area (Å²) in [5.74, 6) is -0.375. The van der Waals surface area contributed by atoms with Gasteiger partial charge in [-0.3, -0.25) is 0 Å². The molecule has 3 N–H and O–H groups in total. The number of aromatic hydroxyl groups is 3. The summed E-state index contributed by atoms with van der Waals surface area (Å²) in [4.78, 5) is 0. The normalized spacial score (nSPS) is 11.7. The first-order valence-corrected chi connectivity index (χ1v) is 14.6. The predicted octanol–water partition coefficient (Wildman–Crippen LogP) is 10.6. The Morgan fingerprint density at radius 3 is 1.61 bits per heavy atom. The van der Waals surface area contributed by atoms with Gasteiger partial charge in [-0.2, -0.15) is 0 Å². The molecule has 0 saturated heterocycles. The summed E-state index contributed by atoms with van der Waals surface area (Å²) in [6.07, 6.45) is 0. The summed E-state index contributed by atoms with van der Waals surface area (Å²) in [6.45, 7) is 3.32. The van der Waals surface area contributed by atoms with E-state index in [9.17, 15) is 15.3 Å². The standard InChI is InChI=1S/C40H28O4/c1-22-38(41)23(2)40(43)37(39(22)42)36-28-15-8-6-13-26(28)34(27-14-7-9-16-29(27)36)31-17-10-18-32-35(31)30-20-19-25(21-33(30)44-32)24-11-4-3-5-12-24/h3-21,41-43H,1-2H3. The van der Waals surface area contributed by atoms with Crippen LogP contribution < -0.4 is 0 Å². The maximum absolute atomic E-state index is 11.3. The number of rotatable bonds is 3. The van der Waals surface area contributed by atoms with Gasteiger partial charge >= 0.3 is 0 Å². The van der Waals surface area contributed by atoms with Crippen molar-refractivity contribution in [1.82, 2.24) is 0 Å². The highest BCUT2D eigenvalue weighted by Gasteiger charge is 2.26. The smallest absolute Gasteiger partial charge is 0.136 e. The van der Waals surface area contributed by atoms with E-state index in [4.69, 9.17) is 4.42 Å². The Labute approximate surface area is 253 Å². The molecule has 0 aliphatic rings. The van der Waals surface area contributed by atoms with Crippen molar-refractivity contribution in [2.75, 3.05) is 0 Å². The number of fused-ring (bicyclic) bond motifs is 5. The first kappa shape index (κ1) is 25.9. The molecule has 1 aromatic heterocycles. The van der Waals surface area contributed by atoms with Crippen LogP contribution in [0.2, 0.25) is 0 Å². The van der Waals surface area contributed by atoms with Gasteiger partial charge in [-0.15, -0.1) is 0 Å². The molecule has 8 rings (SSSR count). The fourth-order valence-electron chi connectivity index (χ4n) is 6.76. The molecule has 0 radical (unpaired) electrons. The fraction of sp³-hybridized carbons (Fsp3) is 0.0500. The molecule has 0 unspecified atom stereocenters. The van der Waals surface area contributed by atoms with Crippen LogP contribution >= 0.6 is 0 Å². The summed E-state index contributed by atoms with van der Waals surface area (Å²) in [5, 5.41) is 39.1. The van der Waals surface area contributed by atoms with E-state index in [2.05, 4.69) is 48.5 Å². The molecule has 1 heterocycles. The van der Waals surface area contributed by atoms with E-state index in [1.54, 1.807) is 13.8 Å². The Kier molecular flexibility index (Phi) is 5.69. The van der Waals surface area contributed by atoms with Crippen LogP contribution in [0.15, 0.2) is 120 Å². The predicted molar refractivity (Wildman–Crippen MR) is 180 cm³/mol. The summed E-state index contributed by atoms with van der Waals surface area (Å²) < 4.78 is 6.47. The van der Waals surface area contributed by atoms with Crippen molar-refractivity contribution in [1.29, 1.82) is 0 Å². The maximum Gasteiger partial charge on any atom is 0.136 e. The summed E-state index contributed by atoms with van der Waals surface area (Å²) in [7, 11) is 0. The summed E-state index contributed by atoms with van der Waals surface area (Å²) >= 11 is 0. The van der Waals surface area contributed by atoms with E-state index >= 15 is 0 Å². The molecule has 0 atom stereocenters. The van der Waals surface area contributed by atoms with Gasteiger partial charge in [0.05, 0.1) is 5.56 Å². The zero-order valence-corrected chi connectivity index (χ0v) is 24.2. The zero-order valence-electron chi connectivity index (χ0n) is 24.2. The van der Waals surface area contributed by atoms with Gasteiger partial charge in [-0.05, 0) is 75.8 Å². The van der Waals surface area contributed by atoms with Crippen LogP contribution in [0.1, 0.15) is 11.1 Å². The second-order valence-corrected chi connectivity index (χ2v) is 11.4. The largest absolute Gasteiger partial charge is 0.507 e. The van der Waals surface area contributed by atoms with Gasteiger partial charge in [-0.1, -0.05) is 97.1 Å². The molecule has 4 heteroatoms. The van der Waals surface area contributed by atoms with Crippen molar-refractivity contribution < 1.29 is 19.7 Å². The van der Waals surface area contributed by atoms with Gasteiger partial charge in [0.2, 0.25) is 0 Å². The molecule has 0 aliphatic heterocycles. The Bertz CT molecular complexity index is 2350. The fourth-order valence-corrected chi connectivity index (χ4v) is 6.76. The molecule has 0 amide bonds. The lowest BCUT2D eigenvalue weighted by Gasteiger charge is -2.21. The SMILES string of the molecule is Cc1c(O)c(C)c(O)c(-c2c3ccccc3c(-c3cccc4oc5cc(-c6ccccc6)ccc5c34)c3ccccc23)c1O. The Morgan fingerprint density at radius 2 is 1.00 bits per heavy atom. The highest BCUT2D eigenvalue weighted by atomic mass is 16.3. The third-order valence-corrected chi connectivity index (χ3v) is 8.95. The van der Waals surface area contributed by atoms with Gasteiger partial charge in [0, 0.05) is 27.5 Å². The molecule has 212 valence electrons. The third-order valence-electron chi connectivity index (χ3n) is 8.95. The maximum atomic E-state index is 11.3. The van der Waals surface area contributed by atoms with Crippen molar-refractivity contribution in [2.24, 2.45) is 0 Å². The van der Waals surface area contributed by atoms with Crippen molar-refractivity contribution >= 4 is 43.5 Å². The quantitative estimate of drug-likeness (QED) is 0.184. The third kappa shape index (κ3) is 3.64. The molecule has 4 nitrogen and oxygen atoms in total. The lowest BCUT2D eigenvalue weighted by molar-refractivity contribution is 0.420. The lowest BCUT2D eigenvalue weighted by Crippen LogP contribution is -1.94. The van der Waals surface area contributed by atoms with Gasteiger partial charge in [0.1, 0.15) is 28.4 Å². The molecule has 7 aromatic carbocycles. The van der Waals surface area contributed by atoms with Gasteiger partial charge in [-0.25, -0.2) is 0 Å². The lowest BCUT2D eigenvalue weighted by atomic mass is 9.83. The molecule has 0 bridgehead atoms. The van der Waals surface area contributed by atoms with Crippen LogP contribution in [0.3, 0.4) is 0 Å². The highest BCUT2D eigenvalue weighted by Crippen LogP contribution is 2.53. The number of phenolic OH excluding ortho intramolecular Hbond substituents is 3. The number of hydrogen-bond acceptors (Lipinski definition) is 4. The van der Waals surface area contributed by atoms with Crippen molar-refractivity contribution in [2.45, 2.75) is 13.8 Å².